The Morgan fingerprint density at radius 3 is 2.11 bits per heavy atom. The topological polar surface area (TPSA) is 63.3 Å². The first-order valence-electron chi connectivity index (χ1n) is 5.90. The van der Waals surface area contributed by atoms with Gasteiger partial charge >= 0.3 is 0 Å². The molecule has 0 unspecified atom stereocenters. The van der Waals surface area contributed by atoms with Crippen molar-refractivity contribution in [2.24, 2.45) is 5.73 Å². The van der Waals surface area contributed by atoms with E-state index in [0.29, 0.717) is 5.56 Å². The minimum absolute atomic E-state index is 0.0690. The van der Waals surface area contributed by atoms with Crippen molar-refractivity contribution in [1.82, 2.24) is 0 Å². The van der Waals surface area contributed by atoms with E-state index in [4.69, 9.17) is 10.8 Å². The lowest BCUT2D eigenvalue weighted by atomic mass is 10.1. The number of aliphatic hydroxyl groups excluding tert-OH is 1. The number of benzene rings is 2. The molecule has 0 aliphatic heterocycles. The van der Waals surface area contributed by atoms with Gasteiger partial charge in [-0.25, -0.2) is 0 Å². The summed E-state index contributed by atoms with van der Waals surface area (Å²) in [6.07, 6.45) is 0. The number of aliphatic hydroxyl groups is 1. The maximum atomic E-state index is 10.9. The molecule has 4 heteroatoms. The van der Waals surface area contributed by atoms with Gasteiger partial charge in [-0.05, 0) is 35.4 Å². The van der Waals surface area contributed by atoms with Gasteiger partial charge in [-0.2, -0.15) is 0 Å². The minimum Gasteiger partial charge on any atom is -0.392 e. The predicted octanol–water partition coefficient (Wildman–Crippen LogP) is 2.57. The molecule has 3 nitrogen and oxygen atoms in total. The van der Waals surface area contributed by atoms with Crippen LogP contribution in [-0.2, 0) is 12.4 Å². The fourth-order valence-electron chi connectivity index (χ4n) is 1.62. The average molecular weight is 273 g/mol. The van der Waals surface area contributed by atoms with E-state index in [-0.39, 0.29) is 6.61 Å². The summed E-state index contributed by atoms with van der Waals surface area (Å²) in [6.45, 7) is 0.0690. The zero-order chi connectivity index (χ0) is 13.7. The van der Waals surface area contributed by atoms with E-state index in [0.717, 1.165) is 21.8 Å². The third-order valence-corrected chi connectivity index (χ3v) is 3.83. The number of nitrogens with two attached hydrogens (primary N) is 1. The van der Waals surface area contributed by atoms with E-state index in [1.165, 1.54) is 0 Å². The lowest BCUT2D eigenvalue weighted by Gasteiger charge is -2.04. The Labute approximate surface area is 116 Å². The van der Waals surface area contributed by atoms with Gasteiger partial charge in [0.2, 0.25) is 5.91 Å². The molecule has 98 valence electrons. The second-order valence-electron chi connectivity index (χ2n) is 4.15. The quantitative estimate of drug-likeness (QED) is 0.823. The fraction of sp³-hybridized carbons (Fsp3) is 0.133. The van der Waals surface area contributed by atoms with Crippen molar-refractivity contribution in [1.29, 1.82) is 0 Å². The maximum absolute atomic E-state index is 10.9. The van der Waals surface area contributed by atoms with Crippen LogP contribution < -0.4 is 5.73 Å². The van der Waals surface area contributed by atoms with E-state index in [2.05, 4.69) is 0 Å². The van der Waals surface area contributed by atoms with Gasteiger partial charge in [-0.1, -0.05) is 24.3 Å². The van der Waals surface area contributed by atoms with Crippen molar-refractivity contribution in [3.63, 3.8) is 0 Å². The van der Waals surface area contributed by atoms with Gasteiger partial charge in [-0.3, -0.25) is 4.79 Å². The van der Waals surface area contributed by atoms with Crippen LogP contribution in [0.3, 0.4) is 0 Å². The highest BCUT2D eigenvalue weighted by atomic mass is 32.2. The number of rotatable bonds is 5. The monoisotopic (exact) mass is 273 g/mol. The molecule has 0 aromatic heterocycles. The molecule has 1 amide bonds. The first-order chi connectivity index (χ1) is 9.19. The minimum atomic E-state index is -0.404. The molecule has 2 rings (SSSR count). The van der Waals surface area contributed by atoms with Crippen molar-refractivity contribution in [2.75, 3.05) is 0 Å². The first kappa shape index (κ1) is 13.6. The maximum Gasteiger partial charge on any atom is 0.248 e. The predicted molar refractivity (Wildman–Crippen MR) is 76.9 cm³/mol. The standard InChI is InChI=1S/C15H15NO2S/c16-15(18)13-5-1-12(2-6-13)10-19-14-7-3-11(9-17)4-8-14/h1-8,17H,9-10H2,(H2,16,18). The van der Waals surface area contributed by atoms with Gasteiger partial charge in [0.05, 0.1) is 6.61 Å². The molecule has 2 aromatic carbocycles. The SMILES string of the molecule is NC(=O)c1ccc(CSc2ccc(CO)cc2)cc1. The second-order valence-corrected chi connectivity index (χ2v) is 5.20. The Balaban J connectivity index is 1.95. The van der Waals surface area contributed by atoms with Crippen LogP contribution >= 0.6 is 11.8 Å². The zero-order valence-electron chi connectivity index (χ0n) is 10.4. The molecule has 0 aliphatic rings. The van der Waals surface area contributed by atoms with Crippen LogP contribution in [0.25, 0.3) is 0 Å². The summed E-state index contributed by atoms with van der Waals surface area (Å²) in [4.78, 5) is 12.1. The molecule has 0 bridgehead atoms. The van der Waals surface area contributed by atoms with E-state index in [1.807, 2.05) is 36.4 Å². The highest BCUT2D eigenvalue weighted by molar-refractivity contribution is 7.98. The summed E-state index contributed by atoms with van der Waals surface area (Å²) in [7, 11) is 0. The Morgan fingerprint density at radius 1 is 1.00 bits per heavy atom. The number of amides is 1. The molecule has 2 aromatic rings. The first-order valence-corrected chi connectivity index (χ1v) is 6.89. The van der Waals surface area contributed by atoms with Gasteiger partial charge in [0.1, 0.15) is 0 Å². The van der Waals surface area contributed by atoms with Crippen LogP contribution in [0.4, 0.5) is 0 Å². The lowest BCUT2D eigenvalue weighted by Crippen LogP contribution is -2.10. The van der Waals surface area contributed by atoms with Crippen LogP contribution in [0.2, 0.25) is 0 Å². The molecular weight excluding hydrogens is 258 g/mol. The summed E-state index contributed by atoms with van der Waals surface area (Å²) in [5, 5.41) is 8.96. The van der Waals surface area contributed by atoms with Gasteiger partial charge in [-0.15, -0.1) is 11.8 Å². The number of carbonyl (C=O) groups is 1. The number of hydrogen-bond donors (Lipinski definition) is 2. The zero-order valence-corrected chi connectivity index (χ0v) is 11.2. The van der Waals surface area contributed by atoms with E-state index >= 15 is 0 Å². The van der Waals surface area contributed by atoms with Crippen LogP contribution in [0.15, 0.2) is 53.4 Å². The Hall–Kier alpha value is -1.78. The highest BCUT2D eigenvalue weighted by Gasteiger charge is 2.01. The highest BCUT2D eigenvalue weighted by Crippen LogP contribution is 2.23. The number of primary amides is 1. The molecule has 0 saturated heterocycles. The summed E-state index contributed by atoms with van der Waals surface area (Å²) >= 11 is 1.71. The summed E-state index contributed by atoms with van der Waals surface area (Å²) in [5.74, 6) is 0.427. The van der Waals surface area contributed by atoms with Crippen molar-refractivity contribution in [3.05, 3.63) is 65.2 Å². The smallest absolute Gasteiger partial charge is 0.248 e. The third kappa shape index (κ3) is 3.84. The molecule has 0 aliphatic carbocycles. The van der Waals surface area contributed by atoms with Crippen molar-refractivity contribution < 1.29 is 9.90 Å². The number of carbonyl (C=O) groups excluding carboxylic acids is 1. The molecule has 0 spiro atoms. The van der Waals surface area contributed by atoms with Crippen LogP contribution in [0.1, 0.15) is 21.5 Å². The van der Waals surface area contributed by atoms with Crippen molar-refractivity contribution >= 4 is 17.7 Å². The molecule has 0 fully saturated rings. The normalized spacial score (nSPS) is 10.4. The fourth-order valence-corrected chi connectivity index (χ4v) is 2.48. The van der Waals surface area contributed by atoms with E-state index < -0.39 is 5.91 Å². The molecule has 0 saturated carbocycles. The van der Waals surface area contributed by atoms with Crippen LogP contribution in [-0.4, -0.2) is 11.0 Å². The van der Waals surface area contributed by atoms with Crippen molar-refractivity contribution in [2.45, 2.75) is 17.3 Å². The number of hydrogen-bond acceptors (Lipinski definition) is 3. The van der Waals surface area contributed by atoms with E-state index in [9.17, 15) is 4.79 Å². The molecule has 0 heterocycles. The van der Waals surface area contributed by atoms with Gasteiger partial charge in [0, 0.05) is 16.2 Å². The molecule has 0 atom stereocenters. The van der Waals surface area contributed by atoms with Gasteiger partial charge in [0.25, 0.3) is 0 Å². The van der Waals surface area contributed by atoms with Gasteiger partial charge in [0.15, 0.2) is 0 Å². The van der Waals surface area contributed by atoms with Gasteiger partial charge < -0.3 is 10.8 Å². The largest absolute Gasteiger partial charge is 0.392 e. The number of thioether (sulfide) groups is 1. The summed E-state index contributed by atoms with van der Waals surface area (Å²) in [5.41, 5.74) is 7.77. The summed E-state index contributed by atoms with van der Waals surface area (Å²) < 4.78 is 0. The Morgan fingerprint density at radius 2 is 1.58 bits per heavy atom. The second kappa shape index (κ2) is 6.41. The average Bonchev–Trinajstić information content (AvgIpc) is 2.46. The summed E-state index contributed by atoms with van der Waals surface area (Å²) in [6, 6.07) is 15.1. The van der Waals surface area contributed by atoms with Crippen molar-refractivity contribution in [3.8, 4) is 0 Å². The van der Waals surface area contributed by atoms with Crippen LogP contribution in [0.5, 0.6) is 0 Å². The third-order valence-electron chi connectivity index (χ3n) is 2.75. The molecule has 19 heavy (non-hydrogen) atoms. The van der Waals surface area contributed by atoms with E-state index in [1.54, 1.807) is 23.9 Å². The lowest BCUT2D eigenvalue weighted by molar-refractivity contribution is 0.100. The molecule has 0 radical (unpaired) electrons. The van der Waals surface area contributed by atoms with Crippen LogP contribution in [0, 0.1) is 0 Å². The molecule has 3 N–H and O–H groups in total. The molecular formula is C15H15NO2S. The Bertz CT molecular complexity index is 549. The Kier molecular flexibility index (Phi) is 4.60.